The highest BCUT2D eigenvalue weighted by Gasteiger charge is 2.20. The van der Waals surface area contributed by atoms with E-state index in [9.17, 15) is 4.79 Å². The van der Waals surface area contributed by atoms with Gasteiger partial charge < -0.3 is 16.0 Å². The number of amides is 1. The number of carbonyl (C=O) groups is 1. The van der Waals surface area contributed by atoms with Gasteiger partial charge in [-0.3, -0.25) is 4.79 Å². The number of rotatable bonds is 6. The van der Waals surface area contributed by atoms with Crippen molar-refractivity contribution in [1.82, 2.24) is 10.3 Å². The molecule has 21 heavy (non-hydrogen) atoms. The average molecular weight is 310 g/mol. The molecule has 1 aliphatic rings. The molecule has 1 amide bonds. The van der Waals surface area contributed by atoms with Crippen LogP contribution in [0.4, 0.5) is 10.9 Å². The predicted octanol–water partition coefficient (Wildman–Crippen LogP) is 2.88. The van der Waals surface area contributed by atoms with Crippen LogP contribution in [-0.2, 0) is 0 Å². The molecule has 0 aromatic carbocycles. The monoisotopic (exact) mass is 310 g/mol. The Morgan fingerprint density at radius 2 is 2.14 bits per heavy atom. The van der Waals surface area contributed by atoms with Crippen LogP contribution in [0.3, 0.4) is 0 Å². The van der Waals surface area contributed by atoms with E-state index in [1.54, 1.807) is 0 Å². The zero-order chi connectivity index (χ0) is 15.2. The van der Waals surface area contributed by atoms with Crippen molar-refractivity contribution in [1.29, 1.82) is 0 Å². The van der Waals surface area contributed by atoms with Crippen molar-refractivity contribution in [3.63, 3.8) is 0 Å². The van der Waals surface area contributed by atoms with Crippen LogP contribution in [0.2, 0.25) is 0 Å². The fraction of sp³-hybridized carbons (Fsp3) is 0.733. The van der Waals surface area contributed by atoms with Crippen molar-refractivity contribution in [2.45, 2.75) is 45.4 Å². The number of nitrogens with one attached hydrogen (secondary N) is 1. The summed E-state index contributed by atoms with van der Waals surface area (Å²) in [5, 5.41) is 3.84. The van der Waals surface area contributed by atoms with Crippen molar-refractivity contribution >= 4 is 28.2 Å². The van der Waals surface area contributed by atoms with E-state index in [-0.39, 0.29) is 5.91 Å². The number of hydrogen-bond acceptors (Lipinski definition) is 5. The number of nitrogens with two attached hydrogens (primary N) is 1. The van der Waals surface area contributed by atoms with Gasteiger partial charge in [0.25, 0.3) is 5.91 Å². The minimum Gasteiger partial charge on any atom is -0.382 e. The molecular formula is C15H26N4OS. The molecular weight excluding hydrogens is 284 g/mol. The van der Waals surface area contributed by atoms with Crippen molar-refractivity contribution in [2.24, 2.45) is 5.92 Å². The van der Waals surface area contributed by atoms with E-state index < -0.39 is 0 Å². The van der Waals surface area contributed by atoms with E-state index in [1.807, 2.05) is 11.9 Å². The molecule has 0 bridgehead atoms. The lowest BCUT2D eigenvalue weighted by Gasteiger charge is -2.21. The summed E-state index contributed by atoms with van der Waals surface area (Å²) in [6.07, 6.45) is 7.40. The lowest BCUT2D eigenvalue weighted by Crippen LogP contribution is -2.30. The van der Waals surface area contributed by atoms with Gasteiger partial charge in [0.15, 0.2) is 5.13 Å². The first kappa shape index (κ1) is 16.1. The fourth-order valence-corrected chi connectivity index (χ4v) is 3.67. The first-order chi connectivity index (χ1) is 10.1. The molecule has 1 aromatic heterocycles. The molecule has 0 radical (unpaired) electrons. The van der Waals surface area contributed by atoms with Crippen molar-refractivity contribution in [3.05, 3.63) is 4.88 Å². The zero-order valence-electron chi connectivity index (χ0n) is 13.0. The fourth-order valence-electron chi connectivity index (χ4n) is 2.79. The van der Waals surface area contributed by atoms with Gasteiger partial charge in [0, 0.05) is 20.1 Å². The van der Waals surface area contributed by atoms with Gasteiger partial charge in [0.05, 0.1) is 0 Å². The molecule has 0 unspecified atom stereocenters. The number of aromatic nitrogens is 1. The van der Waals surface area contributed by atoms with E-state index in [4.69, 9.17) is 5.73 Å². The quantitative estimate of drug-likeness (QED) is 0.847. The predicted molar refractivity (Wildman–Crippen MR) is 89.0 cm³/mol. The maximum absolute atomic E-state index is 12.3. The van der Waals surface area contributed by atoms with Crippen LogP contribution in [0.15, 0.2) is 0 Å². The van der Waals surface area contributed by atoms with Crippen molar-refractivity contribution < 1.29 is 4.79 Å². The number of nitrogens with zero attached hydrogens (tertiary/aromatic N) is 2. The second kappa shape index (κ2) is 7.64. The number of hydrogen-bond donors (Lipinski definition) is 2. The Labute approximate surface area is 130 Å². The summed E-state index contributed by atoms with van der Waals surface area (Å²) in [5.41, 5.74) is 5.90. The van der Waals surface area contributed by atoms with Crippen LogP contribution in [0.5, 0.6) is 0 Å². The third-order valence-corrected chi connectivity index (χ3v) is 5.19. The second-order valence-electron chi connectivity index (χ2n) is 5.85. The van der Waals surface area contributed by atoms with E-state index in [0.717, 1.165) is 24.6 Å². The van der Waals surface area contributed by atoms with Gasteiger partial charge in [0.1, 0.15) is 10.7 Å². The van der Waals surface area contributed by atoms with Gasteiger partial charge in [-0.25, -0.2) is 4.98 Å². The van der Waals surface area contributed by atoms with Crippen LogP contribution < -0.4 is 16.0 Å². The maximum atomic E-state index is 12.3. The van der Waals surface area contributed by atoms with Gasteiger partial charge in [-0.1, -0.05) is 37.5 Å². The summed E-state index contributed by atoms with van der Waals surface area (Å²) in [6, 6.07) is 0. The molecule has 0 spiro atoms. The highest BCUT2D eigenvalue weighted by Crippen LogP contribution is 2.28. The van der Waals surface area contributed by atoms with Crippen LogP contribution in [0.1, 0.15) is 55.1 Å². The molecule has 1 aliphatic carbocycles. The summed E-state index contributed by atoms with van der Waals surface area (Å²) < 4.78 is 0. The zero-order valence-corrected chi connectivity index (χ0v) is 13.8. The van der Waals surface area contributed by atoms with E-state index in [2.05, 4.69) is 17.2 Å². The topological polar surface area (TPSA) is 71.2 Å². The van der Waals surface area contributed by atoms with E-state index in [0.29, 0.717) is 16.6 Å². The number of anilines is 2. The highest BCUT2D eigenvalue weighted by molar-refractivity contribution is 7.18. The van der Waals surface area contributed by atoms with Crippen LogP contribution in [0.25, 0.3) is 0 Å². The summed E-state index contributed by atoms with van der Waals surface area (Å²) in [5.74, 6) is 0.893. The highest BCUT2D eigenvalue weighted by atomic mass is 32.1. The van der Waals surface area contributed by atoms with Crippen LogP contribution in [0, 0.1) is 5.92 Å². The standard InChI is InChI=1S/C15H26N4OS/c1-3-9-19(2)15-18-13(16)12(21-15)14(20)17-10-11-7-5-4-6-8-11/h11H,3-10,16H2,1-2H3,(H,17,20). The Morgan fingerprint density at radius 3 is 2.81 bits per heavy atom. The lowest BCUT2D eigenvalue weighted by atomic mass is 9.89. The van der Waals surface area contributed by atoms with E-state index in [1.165, 1.54) is 43.4 Å². The summed E-state index contributed by atoms with van der Waals surface area (Å²) in [7, 11) is 1.98. The summed E-state index contributed by atoms with van der Waals surface area (Å²) >= 11 is 1.38. The Balaban J connectivity index is 1.92. The third-order valence-electron chi connectivity index (χ3n) is 4.01. The molecule has 1 fully saturated rings. The minimum atomic E-state index is -0.0771. The normalized spacial score (nSPS) is 15.9. The molecule has 118 valence electrons. The third kappa shape index (κ3) is 4.33. The van der Waals surface area contributed by atoms with Gasteiger partial charge in [0.2, 0.25) is 0 Å². The van der Waals surface area contributed by atoms with Crippen molar-refractivity contribution in [3.8, 4) is 0 Å². The van der Waals surface area contributed by atoms with Gasteiger partial charge >= 0.3 is 0 Å². The summed E-state index contributed by atoms with van der Waals surface area (Å²) in [4.78, 5) is 19.2. The molecule has 1 aromatic rings. The van der Waals surface area contributed by atoms with Crippen LogP contribution in [-0.4, -0.2) is 31.0 Å². The first-order valence-corrected chi connectivity index (χ1v) is 8.69. The largest absolute Gasteiger partial charge is 0.382 e. The molecule has 1 heterocycles. The maximum Gasteiger partial charge on any atom is 0.265 e. The molecule has 0 aliphatic heterocycles. The Kier molecular flexibility index (Phi) is 5.85. The smallest absolute Gasteiger partial charge is 0.265 e. The van der Waals surface area contributed by atoms with Gasteiger partial charge in [-0.05, 0) is 25.2 Å². The molecule has 5 nitrogen and oxygen atoms in total. The average Bonchev–Trinajstić information content (AvgIpc) is 2.88. The number of carbonyl (C=O) groups excluding carboxylic acids is 1. The first-order valence-electron chi connectivity index (χ1n) is 7.87. The molecule has 1 saturated carbocycles. The molecule has 2 rings (SSSR count). The Morgan fingerprint density at radius 1 is 1.43 bits per heavy atom. The number of thiazole rings is 1. The minimum absolute atomic E-state index is 0.0771. The van der Waals surface area contributed by atoms with Crippen LogP contribution >= 0.6 is 11.3 Å². The molecule has 6 heteroatoms. The summed E-state index contributed by atoms with van der Waals surface area (Å²) in [6.45, 7) is 3.79. The molecule has 0 saturated heterocycles. The second-order valence-corrected chi connectivity index (χ2v) is 6.82. The molecule has 3 N–H and O–H groups in total. The SMILES string of the molecule is CCCN(C)c1nc(N)c(C(=O)NCC2CCCCC2)s1. The van der Waals surface area contributed by atoms with E-state index >= 15 is 0 Å². The molecule has 0 atom stereocenters. The van der Waals surface area contributed by atoms with Gasteiger partial charge in [-0.2, -0.15) is 0 Å². The van der Waals surface area contributed by atoms with Crippen molar-refractivity contribution in [2.75, 3.05) is 30.8 Å². The Hall–Kier alpha value is -1.30. The lowest BCUT2D eigenvalue weighted by molar-refractivity contribution is 0.0948. The van der Waals surface area contributed by atoms with Gasteiger partial charge in [-0.15, -0.1) is 0 Å². The Bertz CT molecular complexity index is 468. The number of nitrogen functional groups attached to an aromatic ring is 1.